The van der Waals surface area contributed by atoms with Gasteiger partial charge < -0.3 is 14.6 Å². The molecule has 0 saturated heterocycles. The van der Waals surface area contributed by atoms with E-state index in [1.807, 2.05) is 13.8 Å². The number of carbonyl (C=O) groups is 1. The van der Waals surface area contributed by atoms with Crippen molar-refractivity contribution in [2.45, 2.75) is 53.1 Å². The van der Waals surface area contributed by atoms with Gasteiger partial charge in [0, 0.05) is 18.0 Å². The quantitative estimate of drug-likeness (QED) is 0.487. The van der Waals surface area contributed by atoms with Crippen LogP contribution < -0.4 is 34.7 Å². The molecule has 3 nitrogen and oxygen atoms in total. The number of carboxylic acids is 1. The largest absolute Gasteiger partial charge is 1.00 e. The zero-order valence-electron chi connectivity index (χ0n) is 10.6. The van der Waals surface area contributed by atoms with E-state index in [9.17, 15) is 9.90 Å². The third-order valence-electron chi connectivity index (χ3n) is 2.42. The van der Waals surface area contributed by atoms with Gasteiger partial charge in [0.05, 0.1) is 6.10 Å². The van der Waals surface area contributed by atoms with Crippen LogP contribution in [-0.4, -0.2) is 18.7 Å². The fraction of sp³-hybridized carbons (Fsp3) is 0.909. The van der Waals surface area contributed by atoms with E-state index in [0.717, 1.165) is 12.8 Å². The Kier molecular flexibility index (Phi) is 10.2. The monoisotopic (exact) mass is 224 g/mol. The number of aliphatic carboxylic acids is 1. The van der Waals surface area contributed by atoms with Crippen molar-refractivity contribution in [3.05, 3.63) is 0 Å². The minimum absolute atomic E-state index is 0. The van der Waals surface area contributed by atoms with Crippen LogP contribution in [-0.2, 0) is 9.53 Å². The zero-order chi connectivity index (χ0) is 11.2. The average molecular weight is 224 g/mol. The summed E-state index contributed by atoms with van der Waals surface area (Å²) in [5.41, 5.74) is -0.716. The second-order valence-corrected chi connectivity index (χ2v) is 4.33. The van der Waals surface area contributed by atoms with Crippen LogP contribution in [0.1, 0.15) is 47.0 Å². The van der Waals surface area contributed by atoms with Gasteiger partial charge >= 0.3 is 29.6 Å². The summed E-state index contributed by atoms with van der Waals surface area (Å²) in [5.74, 6) is -0.971. The fourth-order valence-corrected chi connectivity index (χ4v) is 1.30. The summed E-state index contributed by atoms with van der Waals surface area (Å²) in [6.45, 7) is 8.09. The van der Waals surface area contributed by atoms with Crippen molar-refractivity contribution in [2.75, 3.05) is 6.61 Å². The molecular formula is C11H21NaO3. The molecule has 0 aliphatic carbocycles. The predicted molar refractivity (Wildman–Crippen MR) is 53.7 cm³/mol. The van der Waals surface area contributed by atoms with Crippen LogP contribution in [0.2, 0.25) is 0 Å². The molecule has 1 atom stereocenters. The van der Waals surface area contributed by atoms with Gasteiger partial charge in [0.1, 0.15) is 0 Å². The summed E-state index contributed by atoms with van der Waals surface area (Å²) < 4.78 is 5.35. The molecule has 0 heterocycles. The molecule has 0 spiro atoms. The molecule has 0 amide bonds. The Morgan fingerprint density at radius 2 is 2.00 bits per heavy atom. The van der Waals surface area contributed by atoms with Gasteiger partial charge in [-0.2, -0.15) is 0 Å². The Hall–Kier alpha value is 0.430. The molecule has 0 fully saturated rings. The van der Waals surface area contributed by atoms with Gasteiger partial charge in [-0.3, -0.25) is 0 Å². The Balaban J connectivity index is 0. The second kappa shape index (κ2) is 8.57. The Morgan fingerprint density at radius 3 is 2.40 bits per heavy atom. The van der Waals surface area contributed by atoms with Crippen molar-refractivity contribution in [1.29, 1.82) is 0 Å². The molecule has 0 aromatic rings. The summed E-state index contributed by atoms with van der Waals surface area (Å²) in [4.78, 5) is 10.7. The zero-order valence-corrected chi connectivity index (χ0v) is 12.6. The van der Waals surface area contributed by atoms with Crippen LogP contribution in [0.25, 0.3) is 0 Å². The van der Waals surface area contributed by atoms with Crippen LogP contribution in [0.4, 0.5) is 0 Å². The van der Waals surface area contributed by atoms with Crippen molar-refractivity contribution in [2.24, 2.45) is 5.41 Å². The number of hydrogen-bond donors (Lipinski definition) is 0. The number of ether oxygens (including phenoxy) is 1. The smallest absolute Gasteiger partial charge is 0.550 e. The van der Waals surface area contributed by atoms with Crippen molar-refractivity contribution in [1.82, 2.24) is 0 Å². The van der Waals surface area contributed by atoms with E-state index in [1.54, 1.807) is 13.8 Å². The van der Waals surface area contributed by atoms with Gasteiger partial charge in [-0.05, 0) is 33.1 Å². The maximum atomic E-state index is 10.7. The number of carbonyl (C=O) groups excluding carboxylic acids is 1. The van der Waals surface area contributed by atoms with E-state index in [0.29, 0.717) is 13.0 Å². The standard InChI is InChI=1S/C11H22O3.Na/c1-5-14-9(2)7-6-8-11(3,4)10(12)13;/h9H,5-8H2,1-4H3,(H,12,13);/q;+1/p-1. The maximum absolute atomic E-state index is 10.7. The van der Waals surface area contributed by atoms with Crippen molar-refractivity contribution < 1.29 is 44.2 Å². The number of carboxylic acid groups (broad SMARTS) is 1. The molecule has 4 heteroatoms. The molecule has 0 aliphatic rings. The van der Waals surface area contributed by atoms with E-state index >= 15 is 0 Å². The SMILES string of the molecule is CCOC(C)CCCC(C)(C)C(=O)[O-].[Na+]. The number of hydrogen-bond acceptors (Lipinski definition) is 3. The van der Waals surface area contributed by atoms with Gasteiger partial charge in [-0.25, -0.2) is 0 Å². The minimum Gasteiger partial charge on any atom is -0.550 e. The second-order valence-electron chi connectivity index (χ2n) is 4.33. The predicted octanol–water partition coefficient (Wildman–Crippen LogP) is -1.64. The first kappa shape index (κ1) is 17.8. The average Bonchev–Trinajstić information content (AvgIpc) is 2.04. The molecule has 0 aliphatic heterocycles. The Labute approximate surface area is 115 Å². The third-order valence-corrected chi connectivity index (χ3v) is 2.42. The summed E-state index contributed by atoms with van der Waals surface area (Å²) in [5, 5.41) is 10.7. The first-order chi connectivity index (χ1) is 6.40. The van der Waals surface area contributed by atoms with Crippen molar-refractivity contribution >= 4 is 5.97 Å². The van der Waals surface area contributed by atoms with Gasteiger partial charge in [-0.15, -0.1) is 0 Å². The molecule has 0 N–H and O–H groups in total. The van der Waals surface area contributed by atoms with Crippen LogP contribution in [0.3, 0.4) is 0 Å². The molecule has 0 aromatic heterocycles. The summed E-state index contributed by atoms with van der Waals surface area (Å²) in [6.07, 6.45) is 2.64. The van der Waals surface area contributed by atoms with Crippen molar-refractivity contribution in [3.8, 4) is 0 Å². The van der Waals surface area contributed by atoms with Crippen LogP contribution >= 0.6 is 0 Å². The van der Waals surface area contributed by atoms with E-state index < -0.39 is 11.4 Å². The summed E-state index contributed by atoms with van der Waals surface area (Å²) in [7, 11) is 0. The Bertz CT molecular complexity index is 181. The third kappa shape index (κ3) is 8.26. The van der Waals surface area contributed by atoms with Gasteiger partial charge in [-0.1, -0.05) is 13.8 Å². The van der Waals surface area contributed by atoms with Gasteiger partial charge in [0.15, 0.2) is 0 Å². The topological polar surface area (TPSA) is 49.4 Å². The van der Waals surface area contributed by atoms with Gasteiger partial charge in [0.2, 0.25) is 0 Å². The molecule has 0 radical (unpaired) electrons. The molecule has 15 heavy (non-hydrogen) atoms. The van der Waals surface area contributed by atoms with Crippen LogP contribution in [0.15, 0.2) is 0 Å². The Morgan fingerprint density at radius 1 is 1.47 bits per heavy atom. The molecular weight excluding hydrogens is 203 g/mol. The molecule has 84 valence electrons. The summed E-state index contributed by atoms with van der Waals surface area (Å²) in [6, 6.07) is 0. The molecule has 0 bridgehead atoms. The fourth-order valence-electron chi connectivity index (χ4n) is 1.30. The van der Waals surface area contributed by atoms with E-state index in [1.165, 1.54) is 0 Å². The van der Waals surface area contributed by atoms with Crippen LogP contribution in [0, 0.1) is 5.41 Å². The van der Waals surface area contributed by atoms with Crippen LogP contribution in [0.5, 0.6) is 0 Å². The minimum atomic E-state index is -0.971. The molecule has 0 saturated carbocycles. The van der Waals surface area contributed by atoms with E-state index in [4.69, 9.17) is 4.74 Å². The van der Waals surface area contributed by atoms with Gasteiger partial charge in [0.25, 0.3) is 0 Å². The van der Waals surface area contributed by atoms with E-state index in [-0.39, 0.29) is 35.7 Å². The summed E-state index contributed by atoms with van der Waals surface area (Å²) >= 11 is 0. The van der Waals surface area contributed by atoms with E-state index in [2.05, 4.69) is 0 Å². The van der Waals surface area contributed by atoms with Crippen molar-refractivity contribution in [3.63, 3.8) is 0 Å². The first-order valence-corrected chi connectivity index (χ1v) is 5.23. The number of rotatable bonds is 7. The first-order valence-electron chi connectivity index (χ1n) is 5.23. The molecule has 0 rings (SSSR count). The molecule has 0 aromatic carbocycles. The maximum Gasteiger partial charge on any atom is 1.00 e. The normalized spacial score (nSPS) is 13.1. The molecule has 1 unspecified atom stereocenters.